The van der Waals surface area contributed by atoms with Gasteiger partial charge in [-0.1, -0.05) is 60.7 Å². The summed E-state index contributed by atoms with van der Waals surface area (Å²) in [4.78, 5) is 17.7. The summed E-state index contributed by atoms with van der Waals surface area (Å²) in [6, 6.07) is 23.6. The standard InChI is InChI=1S/C27H20FN3O2S/c1-18-23(15-19-11-13-22(14-12-19)33-16-21-9-5-6-10-24(21)28)26(32)31(30-18)27-29-25(17-34-27)20-7-3-2-4-8-20/h2-15,17H,16H2,1H3. The molecule has 0 atom stereocenters. The molecule has 0 unspecified atom stereocenters. The number of nitrogens with zero attached hydrogens (tertiary/aromatic N) is 3. The number of rotatable bonds is 6. The Bertz CT molecular complexity index is 1390. The molecule has 1 aromatic heterocycles. The van der Waals surface area contributed by atoms with Gasteiger partial charge in [0, 0.05) is 16.5 Å². The zero-order chi connectivity index (χ0) is 23.5. The number of ether oxygens (including phenoxy) is 1. The summed E-state index contributed by atoms with van der Waals surface area (Å²) in [5, 5.41) is 8.24. The number of hydrogen-bond donors (Lipinski definition) is 0. The largest absolute Gasteiger partial charge is 0.489 e. The minimum absolute atomic E-state index is 0.144. The molecule has 1 amide bonds. The summed E-state index contributed by atoms with van der Waals surface area (Å²) in [5.74, 6) is 0.108. The van der Waals surface area contributed by atoms with Gasteiger partial charge < -0.3 is 4.74 Å². The van der Waals surface area contributed by atoms with Crippen LogP contribution in [0.15, 0.2) is 94.9 Å². The molecule has 0 saturated carbocycles. The van der Waals surface area contributed by atoms with Crippen molar-refractivity contribution in [2.75, 3.05) is 5.01 Å². The van der Waals surface area contributed by atoms with Crippen molar-refractivity contribution in [1.82, 2.24) is 4.98 Å². The van der Waals surface area contributed by atoms with Crippen LogP contribution in [0.3, 0.4) is 0 Å². The highest BCUT2D eigenvalue weighted by molar-refractivity contribution is 7.14. The van der Waals surface area contributed by atoms with E-state index in [2.05, 4.69) is 10.1 Å². The Morgan fingerprint density at radius 3 is 2.50 bits per heavy atom. The third-order valence-corrected chi connectivity index (χ3v) is 6.16. The lowest BCUT2D eigenvalue weighted by Gasteiger charge is -2.08. The predicted octanol–water partition coefficient (Wildman–Crippen LogP) is 6.33. The monoisotopic (exact) mass is 469 g/mol. The second kappa shape index (κ2) is 9.41. The number of hydrazone groups is 1. The summed E-state index contributed by atoms with van der Waals surface area (Å²) in [5.41, 5.74) is 4.27. The minimum atomic E-state index is -0.293. The average Bonchev–Trinajstić information content (AvgIpc) is 3.46. The number of halogens is 1. The summed E-state index contributed by atoms with van der Waals surface area (Å²) in [6.45, 7) is 1.95. The molecule has 3 aromatic carbocycles. The van der Waals surface area contributed by atoms with E-state index in [9.17, 15) is 9.18 Å². The zero-order valence-electron chi connectivity index (χ0n) is 18.3. The van der Waals surface area contributed by atoms with Crippen molar-refractivity contribution in [2.24, 2.45) is 5.10 Å². The van der Waals surface area contributed by atoms with E-state index in [1.807, 2.05) is 47.8 Å². The molecule has 0 fully saturated rings. The first kappa shape index (κ1) is 21.7. The molecular formula is C27H20FN3O2S. The van der Waals surface area contributed by atoms with Crippen LogP contribution in [-0.2, 0) is 11.4 Å². The van der Waals surface area contributed by atoms with Crippen molar-refractivity contribution < 1.29 is 13.9 Å². The molecule has 168 valence electrons. The van der Waals surface area contributed by atoms with Crippen molar-refractivity contribution in [2.45, 2.75) is 13.5 Å². The molecule has 0 spiro atoms. The Hall–Kier alpha value is -4.10. The van der Waals surface area contributed by atoms with Gasteiger partial charge in [0.1, 0.15) is 18.2 Å². The van der Waals surface area contributed by atoms with Crippen LogP contribution in [0.2, 0.25) is 0 Å². The number of anilines is 1. The van der Waals surface area contributed by atoms with Crippen molar-refractivity contribution >= 4 is 34.2 Å². The van der Waals surface area contributed by atoms with Crippen molar-refractivity contribution in [3.05, 3.63) is 107 Å². The Morgan fingerprint density at radius 1 is 1.00 bits per heavy atom. The predicted molar refractivity (Wildman–Crippen MR) is 133 cm³/mol. The smallest absolute Gasteiger partial charge is 0.282 e. The van der Waals surface area contributed by atoms with Gasteiger partial charge in [0.25, 0.3) is 5.91 Å². The van der Waals surface area contributed by atoms with Crippen molar-refractivity contribution in [1.29, 1.82) is 0 Å². The normalized spacial score (nSPS) is 14.5. The van der Waals surface area contributed by atoms with E-state index in [-0.39, 0.29) is 18.3 Å². The number of carbonyl (C=O) groups is 1. The van der Waals surface area contributed by atoms with E-state index in [1.54, 1.807) is 43.3 Å². The topological polar surface area (TPSA) is 54.8 Å². The highest BCUT2D eigenvalue weighted by Crippen LogP contribution is 2.31. The first-order chi connectivity index (χ1) is 16.6. The molecule has 0 radical (unpaired) electrons. The van der Waals surface area contributed by atoms with Crippen LogP contribution in [-0.4, -0.2) is 16.6 Å². The maximum absolute atomic E-state index is 13.8. The van der Waals surface area contributed by atoms with Crippen LogP contribution in [0.4, 0.5) is 9.52 Å². The summed E-state index contributed by atoms with van der Waals surface area (Å²) in [6.07, 6.45) is 1.80. The molecule has 7 heteroatoms. The fourth-order valence-corrected chi connectivity index (χ4v) is 4.30. The van der Waals surface area contributed by atoms with Gasteiger partial charge in [-0.25, -0.2) is 9.37 Å². The van der Waals surface area contributed by atoms with Crippen molar-refractivity contribution in [3.8, 4) is 17.0 Å². The first-order valence-corrected chi connectivity index (χ1v) is 11.6. The van der Waals surface area contributed by atoms with E-state index in [4.69, 9.17) is 4.74 Å². The van der Waals surface area contributed by atoms with E-state index in [1.165, 1.54) is 22.4 Å². The van der Waals surface area contributed by atoms with Gasteiger partial charge in [-0.05, 0) is 36.8 Å². The average molecular weight is 470 g/mol. The van der Waals surface area contributed by atoms with Gasteiger partial charge in [-0.15, -0.1) is 11.3 Å². The Morgan fingerprint density at radius 2 is 1.74 bits per heavy atom. The summed E-state index contributed by atoms with van der Waals surface area (Å²) < 4.78 is 19.4. The molecule has 4 aromatic rings. The van der Waals surface area contributed by atoms with Crippen LogP contribution >= 0.6 is 11.3 Å². The lowest BCUT2D eigenvalue weighted by molar-refractivity contribution is -0.114. The first-order valence-electron chi connectivity index (χ1n) is 10.7. The Balaban J connectivity index is 1.29. The van der Waals surface area contributed by atoms with Crippen molar-refractivity contribution in [3.63, 3.8) is 0 Å². The van der Waals surface area contributed by atoms with Crippen LogP contribution in [0.5, 0.6) is 5.75 Å². The van der Waals surface area contributed by atoms with Gasteiger partial charge in [-0.3, -0.25) is 4.79 Å². The Labute approximate surface area is 200 Å². The fourth-order valence-electron chi connectivity index (χ4n) is 3.52. The Kier molecular flexibility index (Phi) is 6.01. The second-order valence-electron chi connectivity index (χ2n) is 7.69. The van der Waals surface area contributed by atoms with Crippen LogP contribution < -0.4 is 9.75 Å². The molecule has 34 heavy (non-hydrogen) atoms. The molecule has 2 heterocycles. The highest BCUT2D eigenvalue weighted by atomic mass is 32.1. The zero-order valence-corrected chi connectivity index (χ0v) is 19.1. The van der Waals surface area contributed by atoms with Crippen LogP contribution in [0, 0.1) is 5.82 Å². The number of aromatic nitrogens is 1. The lowest BCUT2D eigenvalue weighted by atomic mass is 10.1. The van der Waals surface area contributed by atoms with Crippen LogP contribution in [0.25, 0.3) is 17.3 Å². The molecule has 5 rings (SSSR count). The van der Waals surface area contributed by atoms with E-state index in [0.29, 0.717) is 27.7 Å². The van der Waals surface area contributed by atoms with Crippen LogP contribution in [0.1, 0.15) is 18.1 Å². The van der Waals surface area contributed by atoms with Gasteiger partial charge in [-0.2, -0.15) is 10.1 Å². The third kappa shape index (κ3) is 4.51. The molecule has 0 N–H and O–H groups in total. The van der Waals surface area contributed by atoms with Gasteiger partial charge in [0.05, 0.1) is 17.0 Å². The fraction of sp³-hybridized carbons (Fsp3) is 0.0741. The van der Waals surface area contributed by atoms with Gasteiger partial charge in [0.15, 0.2) is 0 Å². The molecule has 1 aliphatic rings. The summed E-state index contributed by atoms with van der Waals surface area (Å²) >= 11 is 1.38. The maximum atomic E-state index is 13.8. The molecule has 0 bridgehead atoms. The SMILES string of the molecule is CC1=NN(c2nc(-c3ccccc3)cs2)C(=O)C1=Cc1ccc(OCc2ccccc2F)cc1. The third-order valence-electron chi connectivity index (χ3n) is 5.35. The molecule has 0 saturated heterocycles. The minimum Gasteiger partial charge on any atom is -0.489 e. The number of benzene rings is 3. The molecule has 0 aliphatic carbocycles. The highest BCUT2D eigenvalue weighted by Gasteiger charge is 2.30. The molecule has 5 nitrogen and oxygen atoms in total. The van der Waals surface area contributed by atoms with Gasteiger partial charge >= 0.3 is 0 Å². The number of hydrogen-bond acceptors (Lipinski definition) is 5. The van der Waals surface area contributed by atoms with Gasteiger partial charge in [0.2, 0.25) is 5.13 Å². The lowest BCUT2D eigenvalue weighted by Crippen LogP contribution is -2.21. The quantitative estimate of drug-likeness (QED) is 0.310. The number of amides is 1. The van der Waals surface area contributed by atoms with E-state index >= 15 is 0 Å². The molecular weight excluding hydrogens is 449 g/mol. The number of carbonyl (C=O) groups excluding carboxylic acids is 1. The second-order valence-corrected chi connectivity index (χ2v) is 8.53. The summed E-state index contributed by atoms with van der Waals surface area (Å²) in [7, 11) is 0. The van der Waals surface area contributed by atoms with E-state index < -0.39 is 0 Å². The maximum Gasteiger partial charge on any atom is 0.282 e. The number of thiazole rings is 1. The van der Waals surface area contributed by atoms with E-state index in [0.717, 1.165) is 16.8 Å². The molecule has 1 aliphatic heterocycles.